The Morgan fingerprint density at radius 1 is 1.50 bits per heavy atom. The van der Waals surface area contributed by atoms with Crippen molar-refractivity contribution in [1.82, 2.24) is 4.90 Å². The molecule has 0 radical (unpaired) electrons. The van der Waals surface area contributed by atoms with Gasteiger partial charge < -0.3 is 14.7 Å². The number of fused-ring (bicyclic) bond motifs is 1. The Morgan fingerprint density at radius 2 is 2.27 bits per heavy atom. The van der Waals surface area contributed by atoms with Gasteiger partial charge in [-0.2, -0.15) is 0 Å². The number of ether oxygens (including phenoxy) is 1. The highest BCUT2D eigenvalue weighted by atomic mass is 16.6. The number of carbonyl (C=O) groups excluding carboxylic acids is 1. The van der Waals surface area contributed by atoms with Gasteiger partial charge in [0.05, 0.1) is 17.2 Å². The molecule has 1 amide bonds. The molecule has 0 bridgehead atoms. The monoisotopic (exact) mass is 304 g/mol. The third-order valence-electron chi connectivity index (χ3n) is 3.91. The lowest BCUT2D eigenvalue weighted by atomic mass is 9.97. The van der Waals surface area contributed by atoms with E-state index in [4.69, 9.17) is 4.74 Å². The van der Waals surface area contributed by atoms with Crippen LogP contribution in [0.4, 0.5) is 5.69 Å². The normalized spacial score (nSPS) is 23.8. The van der Waals surface area contributed by atoms with Gasteiger partial charge in [0.25, 0.3) is 5.69 Å². The van der Waals surface area contributed by atoms with Gasteiger partial charge in [-0.25, -0.2) is 0 Å². The second-order valence-electron chi connectivity index (χ2n) is 5.69. The molecule has 1 aromatic rings. The average Bonchev–Trinajstić information content (AvgIpc) is 2.92. The summed E-state index contributed by atoms with van der Waals surface area (Å²) in [5, 5.41) is 20.6. The van der Waals surface area contributed by atoms with Gasteiger partial charge in [0.2, 0.25) is 5.91 Å². The number of likely N-dealkylation sites (tertiary alicyclic amines) is 1. The molecular formula is C15H16N2O5. The molecular weight excluding hydrogens is 288 g/mol. The molecule has 0 saturated carbocycles. The summed E-state index contributed by atoms with van der Waals surface area (Å²) in [4.78, 5) is 24.2. The number of hydrogen-bond acceptors (Lipinski definition) is 5. The van der Waals surface area contributed by atoms with Crippen LogP contribution in [0.3, 0.4) is 0 Å². The maximum atomic E-state index is 12.0. The van der Waals surface area contributed by atoms with Gasteiger partial charge in [0.15, 0.2) is 0 Å². The lowest BCUT2D eigenvalue weighted by molar-refractivity contribution is -0.384. The summed E-state index contributed by atoms with van der Waals surface area (Å²) in [6, 6.07) is 4.27. The number of amides is 1. The standard InChI is InChI=1S/C15H16N2O5/c1-15(9-18)8-12(16-6-2-3-14(16)19)11-7-10(17(20)21)4-5-13(11)22-15/h4-5,7-8,18H,2-3,6,9H2,1H3/t15-/m1/s1. The van der Waals surface area contributed by atoms with Crippen LogP contribution in [0.15, 0.2) is 24.3 Å². The summed E-state index contributed by atoms with van der Waals surface area (Å²) in [7, 11) is 0. The number of carbonyl (C=O) groups is 1. The van der Waals surface area contributed by atoms with Gasteiger partial charge in [-0.15, -0.1) is 0 Å². The highest BCUT2D eigenvalue weighted by Gasteiger charge is 2.36. The molecule has 3 rings (SSSR count). The zero-order chi connectivity index (χ0) is 15.9. The lowest BCUT2D eigenvalue weighted by Gasteiger charge is -2.35. The fraction of sp³-hybridized carbons (Fsp3) is 0.400. The first-order chi connectivity index (χ1) is 10.4. The van der Waals surface area contributed by atoms with Crippen molar-refractivity contribution in [3.05, 3.63) is 40.0 Å². The summed E-state index contributed by atoms with van der Waals surface area (Å²) in [6.45, 7) is 2.02. The molecule has 0 aromatic heterocycles. The predicted octanol–water partition coefficient (Wildman–Crippen LogP) is 1.70. The van der Waals surface area contributed by atoms with Crippen molar-refractivity contribution in [3.63, 3.8) is 0 Å². The highest BCUT2D eigenvalue weighted by molar-refractivity contribution is 5.90. The van der Waals surface area contributed by atoms with Crippen LogP contribution >= 0.6 is 0 Å². The molecule has 1 aromatic carbocycles. The van der Waals surface area contributed by atoms with E-state index in [2.05, 4.69) is 0 Å². The Balaban J connectivity index is 2.14. The molecule has 2 aliphatic rings. The quantitative estimate of drug-likeness (QED) is 0.677. The highest BCUT2D eigenvalue weighted by Crippen LogP contribution is 2.40. The molecule has 0 spiro atoms. The molecule has 116 valence electrons. The smallest absolute Gasteiger partial charge is 0.270 e. The van der Waals surface area contributed by atoms with Crippen molar-refractivity contribution in [2.45, 2.75) is 25.4 Å². The topological polar surface area (TPSA) is 92.9 Å². The van der Waals surface area contributed by atoms with E-state index in [1.54, 1.807) is 17.9 Å². The van der Waals surface area contributed by atoms with Crippen LogP contribution in [0.2, 0.25) is 0 Å². The first-order valence-electron chi connectivity index (χ1n) is 7.05. The summed E-state index contributed by atoms with van der Waals surface area (Å²) in [6.07, 6.45) is 2.87. The minimum absolute atomic E-state index is 0.0223. The van der Waals surface area contributed by atoms with Crippen LogP contribution < -0.4 is 4.74 Å². The Labute approximate surface area is 126 Å². The van der Waals surface area contributed by atoms with Crippen molar-refractivity contribution >= 4 is 17.3 Å². The third-order valence-corrected chi connectivity index (χ3v) is 3.91. The van der Waals surface area contributed by atoms with Crippen molar-refractivity contribution in [3.8, 4) is 5.75 Å². The third kappa shape index (κ3) is 2.33. The maximum Gasteiger partial charge on any atom is 0.270 e. The van der Waals surface area contributed by atoms with Crippen molar-refractivity contribution in [2.24, 2.45) is 0 Å². The average molecular weight is 304 g/mol. The number of nitro groups is 1. The van der Waals surface area contributed by atoms with E-state index in [0.29, 0.717) is 30.0 Å². The van der Waals surface area contributed by atoms with Gasteiger partial charge in [0, 0.05) is 30.7 Å². The van der Waals surface area contributed by atoms with E-state index in [9.17, 15) is 20.0 Å². The zero-order valence-corrected chi connectivity index (χ0v) is 12.1. The number of non-ortho nitro benzene ring substituents is 1. The van der Waals surface area contributed by atoms with E-state index in [0.717, 1.165) is 6.42 Å². The summed E-state index contributed by atoms with van der Waals surface area (Å²) in [5.41, 5.74) is 0.0632. The molecule has 1 fully saturated rings. The summed E-state index contributed by atoms with van der Waals surface area (Å²) >= 11 is 0. The largest absolute Gasteiger partial charge is 0.480 e. The van der Waals surface area contributed by atoms with Gasteiger partial charge >= 0.3 is 0 Å². The number of rotatable bonds is 3. The van der Waals surface area contributed by atoms with Crippen LogP contribution in [-0.2, 0) is 4.79 Å². The minimum atomic E-state index is -0.957. The second kappa shape index (κ2) is 5.10. The minimum Gasteiger partial charge on any atom is -0.480 e. The van der Waals surface area contributed by atoms with E-state index >= 15 is 0 Å². The van der Waals surface area contributed by atoms with Crippen LogP contribution in [0, 0.1) is 10.1 Å². The van der Waals surface area contributed by atoms with Crippen LogP contribution in [0.1, 0.15) is 25.3 Å². The molecule has 7 nitrogen and oxygen atoms in total. The predicted molar refractivity (Wildman–Crippen MR) is 78.1 cm³/mol. The second-order valence-corrected chi connectivity index (χ2v) is 5.69. The molecule has 22 heavy (non-hydrogen) atoms. The number of aliphatic hydroxyl groups is 1. The molecule has 1 atom stereocenters. The zero-order valence-electron chi connectivity index (χ0n) is 12.1. The van der Waals surface area contributed by atoms with E-state index < -0.39 is 10.5 Å². The van der Waals surface area contributed by atoms with E-state index in [1.165, 1.54) is 18.2 Å². The Morgan fingerprint density at radius 3 is 2.86 bits per heavy atom. The Hall–Kier alpha value is -2.41. The van der Waals surface area contributed by atoms with Crippen LogP contribution in [0.5, 0.6) is 5.75 Å². The van der Waals surface area contributed by atoms with Crippen LogP contribution in [0.25, 0.3) is 5.70 Å². The van der Waals surface area contributed by atoms with Crippen molar-refractivity contribution in [2.75, 3.05) is 13.2 Å². The van der Waals surface area contributed by atoms with Gasteiger partial charge in [-0.05, 0) is 25.5 Å². The number of hydrogen-bond donors (Lipinski definition) is 1. The van der Waals surface area contributed by atoms with Crippen molar-refractivity contribution < 1.29 is 19.6 Å². The number of nitrogens with zero attached hydrogens (tertiary/aromatic N) is 2. The van der Waals surface area contributed by atoms with Crippen LogP contribution in [-0.4, -0.2) is 39.6 Å². The first-order valence-corrected chi connectivity index (χ1v) is 7.05. The molecule has 7 heteroatoms. The Bertz CT molecular complexity index is 685. The molecule has 0 aliphatic carbocycles. The van der Waals surface area contributed by atoms with Gasteiger partial charge in [-0.3, -0.25) is 14.9 Å². The number of aliphatic hydroxyl groups excluding tert-OH is 1. The lowest BCUT2D eigenvalue weighted by Crippen LogP contribution is -2.39. The number of benzene rings is 1. The van der Waals surface area contributed by atoms with E-state index in [1.807, 2.05) is 0 Å². The Kier molecular flexibility index (Phi) is 3.37. The fourth-order valence-electron chi connectivity index (χ4n) is 2.77. The molecule has 2 aliphatic heterocycles. The molecule has 1 saturated heterocycles. The van der Waals surface area contributed by atoms with E-state index in [-0.39, 0.29) is 18.2 Å². The van der Waals surface area contributed by atoms with Gasteiger partial charge in [-0.1, -0.05) is 0 Å². The number of nitro benzene ring substituents is 1. The molecule has 2 heterocycles. The summed E-state index contributed by atoms with van der Waals surface area (Å²) < 4.78 is 5.74. The fourth-order valence-corrected chi connectivity index (χ4v) is 2.77. The SMILES string of the molecule is C[C@]1(CO)C=C(N2CCCC2=O)c2cc([N+](=O)[O-])ccc2O1. The molecule has 1 N–H and O–H groups in total. The molecule has 0 unspecified atom stereocenters. The maximum absolute atomic E-state index is 12.0. The van der Waals surface area contributed by atoms with Gasteiger partial charge in [0.1, 0.15) is 11.4 Å². The first kappa shape index (κ1) is 14.5. The van der Waals surface area contributed by atoms with Crippen molar-refractivity contribution in [1.29, 1.82) is 0 Å². The summed E-state index contributed by atoms with van der Waals surface area (Å²) in [5.74, 6) is 0.408.